The van der Waals surface area contributed by atoms with Crippen LogP contribution in [-0.4, -0.2) is 12.6 Å². The van der Waals surface area contributed by atoms with E-state index >= 15 is 0 Å². The first-order chi connectivity index (χ1) is 10.0. The zero-order valence-corrected chi connectivity index (χ0v) is 13.0. The van der Waals surface area contributed by atoms with E-state index in [0.29, 0.717) is 18.2 Å². The lowest BCUT2D eigenvalue weighted by atomic mass is 10.2. The molecule has 0 aliphatic heterocycles. The van der Waals surface area contributed by atoms with Gasteiger partial charge in [0.05, 0.1) is 0 Å². The van der Waals surface area contributed by atoms with Gasteiger partial charge in [0.25, 0.3) is 0 Å². The smallest absolute Gasteiger partial charge is 0.123 e. The SMILES string of the molecule is Cc1ccc(OCC(C)NCc2cc(F)ccc2Cl)cc1. The number of hydrogen-bond acceptors (Lipinski definition) is 2. The summed E-state index contributed by atoms with van der Waals surface area (Å²) >= 11 is 6.03. The number of benzene rings is 2. The average molecular weight is 308 g/mol. The summed E-state index contributed by atoms with van der Waals surface area (Å²) in [6.45, 7) is 5.10. The van der Waals surface area contributed by atoms with Crippen molar-refractivity contribution in [1.82, 2.24) is 5.32 Å². The molecule has 0 amide bonds. The number of aryl methyl sites for hydroxylation is 1. The Kier molecular flexibility index (Phi) is 5.59. The standard InChI is InChI=1S/C17H19ClFNO/c1-12-3-6-16(7-4-12)21-11-13(2)20-10-14-9-15(19)5-8-17(14)18/h3-9,13,20H,10-11H2,1-2H3. The van der Waals surface area contributed by atoms with Crippen molar-refractivity contribution >= 4 is 11.6 Å². The fourth-order valence-electron chi connectivity index (χ4n) is 1.88. The minimum atomic E-state index is -0.278. The number of halogens is 2. The highest BCUT2D eigenvalue weighted by atomic mass is 35.5. The summed E-state index contributed by atoms with van der Waals surface area (Å²) in [5.74, 6) is 0.567. The second-order valence-electron chi connectivity index (χ2n) is 5.14. The van der Waals surface area contributed by atoms with E-state index in [1.54, 1.807) is 6.07 Å². The second-order valence-corrected chi connectivity index (χ2v) is 5.55. The normalized spacial score (nSPS) is 12.2. The van der Waals surface area contributed by atoms with Crippen LogP contribution < -0.4 is 10.1 Å². The summed E-state index contributed by atoms with van der Waals surface area (Å²) in [5.41, 5.74) is 1.95. The first kappa shape index (κ1) is 15.8. The molecule has 0 radical (unpaired) electrons. The zero-order chi connectivity index (χ0) is 15.2. The van der Waals surface area contributed by atoms with Gasteiger partial charge in [-0.1, -0.05) is 29.3 Å². The second kappa shape index (κ2) is 7.43. The number of hydrogen-bond donors (Lipinski definition) is 1. The van der Waals surface area contributed by atoms with Gasteiger partial charge in [-0.2, -0.15) is 0 Å². The Morgan fingerprint density at radius 3 is 2.62 bits per heavy atom. The van der Waals surface area contributed by atoms with E-state index < -0.39 is 0 Å². The molecule has 0 aliphatic carbocycles. The van der Waals surface area contributed by atoms with Crippen LogP contribution in [0.1, 0.15) is 18.1 Å². The summed E-state index contributed by atoms with van der Waals surface area (Å²) in [5, 5.41) is 3.84. The predicted molar refractivity (Wildman–Crippen MR) is 84.4 cm³/mol. The molecule has 2 rings (SSSR count). The lowest BCUT2D eigenvalue weighted by Gasteiger charge is -2.15. The molecule has 0 aliphatic rings. The third-order valence-corrected chi connectivity index (χ3v) is 3.54. The molecule has 0 bridgehead atoms. The first-order valence-corrected chi connectivity index (χ1v) is 7.29. The summed E-state index contributed by atoms with van der Waals surface area (Å²) in [7, 11) is 0. The Bertz CT molecular complexity index is 586. The van der Waals surface area contributed by atoms with Crippen LogP contribution >= 0.6 is 11.6 Å². The number of rotatable bonds is 6. The van der Waals surface area contributed by atoms with Crippen LogP contribution in [0.3, 0.4) is 0 Å². The molecule has 1 atom stereocenters. The first-order valence-electron chi connectivity index (χ1n) is 6.91. The van der Waals surface area contributed by atoms with Gasteiger partial charge in [0.2, 0.25) is 0 Å². The van der Waals surface area contributed by atoms with Crippen molar-refractivity contribution in [2.24, 2.45) is 0 Å². The molecule has 0 spiro atoms. The van der Waals surface area contributed by atoms with Crippen LogP contribution in [0.4, 0.5) is 4.39 Å². The largest absolute Gasteiger partial charge is 0.492 e. The molecular weight excluding hydrogens is 289 g/mol. The molecule has 112 valence electrons. The summed E-state index contributed by atoms with van der Waals surface area (Å²) in [6, 6.07) is 12.4. The highest BCUT2D eigenvalue weighted by Gasteiger charge is 2.06. The summed E-state index contributed by atoms with van der Waals surface area (Å²) < 4.78 is 18.9. The van der Waals surface area contributed by atoms with Crippen LogP contribution in [0.25, 0.3) is 0 Å². The summed E-state index contributed by atoms with van der Waals surface area (Å²) in [4.78, 5) is 0. The fraction of sp³-hybridized carbons (Fsp3) is 0.294. The Morgan fingerprint density at radius 2 is 1.90 bits per heavy atom. The molecule has 1 unspecified atom stereocenters. The molecule has 0 saturated heterocycles. The van der Waals surface area contributed by atoms with E-state index in [0.717, 1.165) is 11.3 Å². The molecular formula is C17H19ClFNO. The van der Waals surface area contributed by atoms with Crippen molar-refractivity contribution < 1.29 is 9.13 Å². The van der Waals surface area contributed by atoms with Gasteiger partial charge in [-0.15, -0.1) is 0 Å². The molecule has 2 aromatic carbocycles. The quantitative estimate of drug-likeness (QED) is 0.857. The van der Waals surface area contributed by atoms with Crippen LogP contribution in [0.5, 0.6) is 5.75 Å². The molecule has 2 aromatic rings. The maximum absolute atomic E-state index is 13.2. The minimum absolute atomic E-state index is 0.130. The van der Waals surface area contributed by atoms with Crippen LogP contribution in [-0.2, 0) is 6.54 Å². The predicted octanol–water partition coefficient (Wildman–Crippen LogP) is 4.34. The maximum atomic E-state index is 13.2. The summed E-state index contributed by atoms with van der Waals surface area (Å²) in [6.07, 6.45) is 0. The zero-order valence-electron chi connectivity index (χ0n) is 12.2. The Morgan fingerprint density at radius 1 is 1.19 bits per heavy atom. The van der Waals surface area contributed by atoms with E-state index in [2.05, 4.69) is 5.32 Å². The van der Waals surface area contributed by atoms with E-state index in [1.165, 1.54) is 17.7 Å². The van der Waals surface area contributed by atoms with Crippen molar-refractivity contribution in [3.63, 3.8) is 0 Å². The maximum Gasteiger partial charge on any atom is 0.123 e. The van der Waals surface area contributed by atoms with Gasteiger partial charge in [0.1, 0.15) is 18.2 Å². The van der Waals surface area contributed by atoms with E-state index in [1.807, 2.05) is 38.1 Å². The lowest BCUT2D eigenvalue weighted by Crippen LogP contribution is -2.31. The van der Waals surface area contributed by atoms with Gasteiger partial charge in [-0.05, 0) is 49.7 Å². The fourth-order valence-corrected chi connectivity index (χ4v) is 2.06. The van der Waals surface area contributed by atoms with E-state index in [9.17, 15) is 4.39 Å². The third kappa shape index (κ3) is 5.03. The van der Waals surface area contributed by atoms with Crippen LogP contribution in [0, 0.1) is 12.7 Å². The Hall–Kier alpha value is -1.58. The molecule has 0 heterocycles. The third-order valence-electron chi connectivity index (χ3n) is 3.17. The molecule has 0 saturated carbocycles. The van der Waals surface area contributed by atoms with Gasteiger partial charge in [-0.25, -0.2) is 4.39 Å². The molecule has 21 heavy (non-hydrogen) atoms. The monoisotopic (exact) mass is 307 g/mol. The minimum Gasteiger partial charge on any atom is -0.492 e. The molecule has 4 heteroatoms. The lowest BCUT2D eigenvalue weighted by molar-refractivity contribution is 0.272. The van der Waals surface area contributed by atoms with Crippen molar-refractivity contribution in [2.75, 3.05) is 6.61 Å². The van der Waals surface area contributed by atoms with Crippen molar-refractivity contribution in [3.8, 4) is 5.75 Å². The number of nitrogens with one attached hydrogen (secondary N) is 1. The molecule has 0 fully saturated rings. The number of ether oxygens (including phenoxy) is 1. The van der Waals surface area contributed by atoms with Gasteiger partial charge >= 0.3 is 0 Å². The topological polar surface area (TPSA) is 21.3 Å². The van der Waals surface area contributed by atoms with Crippen molar-refractivity contribution in [2.45, 2.75) is 26.4 Å². The van der Waals surface area contributed by atoms with Gasteiger partial charge in [0.15, 0.2) is 0 Å². The van der Waals surface area contributed by atoms with Crippen molar-refractivity contribution in [3.05, 3.63) is 64.4 Å². The van der Waals surface area contributed by atoms with Gasteiger partial charge < -0.3 is 10.1 Å². The Labute approximate surface area is 129 Å². The van der Waals surface area contributed by atoms with E-state index in [-0.39, 0.29) is 11.9 Å². The Balaban J connectivity index is 1.80. The van der Waals surface area contributed by atoms with Crippen molar-refractivity contribution in [1.29, 1.82) is 0 Å². The highest BCUT2D eigenvalue weighted by Crippen LogP contribution is 2.17. The molecule has 1 N–H and O–H groups in total. The molecule has 2 nitrogen and oxygen atoms in total. The highest BCUT2D eigenvalue weighted by molar-refractivity contribution is 6.31. The van der Waals surface area contributed by atoms with Gasteiger partial charge in [-0.3, -0.25) is 0 Å². The van der Waals surface area contributed by atoms with Crippen LogP contribution in [0.2, 0.25) is 5.02 Å². The molecule has 0 aromatic heterocycles. The average Bonchev–Trinajstić information content (AvgIpc) is 2.47. The van der Waals surface area contributed by atoms with Gasteiger partial charge in [0, 0.05) is 17.6 Å². The van der Waals surface area contributed by atoms with Crippen LogP contribution in [0.15, 0.2) is 42.5 Å². The van der Waals surface area contributed by atoms with E-state index in [4.69, 9.17) is 16.3 Å².